The van der Waals surface area contributed by atoms with E-state index >= 15 is 0 Å². The summed E-state index contributed by atoms with van der Waals surface area (Å²) < 4.78 is 0. The topological polar surface area (TPSA) is 20.3 Å². The molecule has 0 spiro atoms. The van der Waals surface area contributed by atoms with E-state index in [1.165, 1.54) is 24.8 Å². The zero-order chi connectivity index (χ0) is 15.5. The normalized spacial score (nSPS) is 24.9. The molecule has 1 saturated carbocycles. The van der Waals surface area contributed by atoms with Gasteiger partial charge in [0.1, 0.15) is 0 Å². The molecule has 1 rings (SSSR count). The molecule has 0 unspecified atom stereocenters. The Labute approximate surface area is 125 Å². The highest BCUT2D eigenvalue weighted by atomic mass is 16.2. The second-order valence-electron chi connectivity index (χ2n) is 7.61. The molecular formula is C18H33NO. The number of rotatable bonds is 7. The summed E-state index contributed by atoms with van der Waals surface area (Å²) in [6, 6.07) is 0.313. The molecule has 0 saturated heterocycles. The van der Waals surface area contributed by atoms with Gasteiger partial charge in [-0.05, 0) is 58.3 Å². The number of hydrogen-bond acceptors (Lipinski definition) is 1. The minimum atomic E-state index is 0.105. The van der Waals surface area contributed by atoms with Gasteiger partial charge in [0.15, 0.2) is 0 Å². The monoisotopic (exact) mass is 279 g/mol. The van der Waals surface area contributed by atoms with Crippen LogP contribution in [0.15, 0.2) is 11.6 Å². The van der Waals surface area contributed by atoms with E-state index in [1.54, 1.807) is 0 Å². The van der Waals surface area contributed by atoms with Crippen LogP contribution in [-0.2, 0) is 4.79 Å². The third-order valence-electron chi connectivity index (χ3n) is 4.62. The van der Waals surface area contributed by atoms with Gasteiger partial charge in [-0.25, -0.2) is 0 Å². The lowest BCUT2D eigenvalue weighted by Gasteiger charge is -2.29. The Hall–Kier alpha value is -0.790. The smallest absolute Gasteiger partial charge is 0.225 e. The van der Waals surface area contributed by atoms with Gasteiger partial charge in [0.25, 0.3) is 0 Å². The quantitative estimate of drug-likeness (QED) is 0.621. The Bertz CT molecular complexity index is 366. The molecule has 0 heterocycles. The van der Waals surface area contributed by atoms with E-state index < -0.39 is 0 Å². The van der Waals surface area contributed by atoms with Gasteiger partial charge in [-0.2, -0.15) is 0 Å². The Morgan fingerprint density at radius 3 is 2.35 bits per heavy atom. The summed E-state index contributed by atoms with van der Waals surface area (Å²) in [5.41, 5.74) is 1.86. The van der Waals surface area contributed by atoms with Gasteiger partial charge in [-0.3, -0.25) is 4.79 Å². The van der Waals surface area contributed by atoms with Gasteiger partial charge in [0.2, 0.25) is 5.91 Å². The van der Waals surface area contributed by atoms with Crippen LogP contribution < -0.4 is 0 Å². The molecule has 0 bridgehead atoms. The molecule has 0 aromatic rings. The van der Waals surface area contributed by atoms with Crippen molar-refractivity contribution in [2.45, 2.75) is 73.8 Å². The van der Waals surface area contributed by atoms with Gasteiger partial charge < -0.3 is 4.90 Å². The van der Waals surface area contributed by atoms with Crippen LogP contribution in [0.3, 0.4) is 0 Å². The van der Waals surface area contributed by atoms with Crippen molar-refractivity contribution in [1.82, 2.24) is 4.90 Å². The summed E-state index contributed by atoms with van der Waals surface area (Å²) in [4.78, 5) is 14.4. The van der Waals surface area contributed by atoms with E-state index in [-0.39, 0.29) is 5.92 Å². The van der Waals surface area contributed by atoms with Gasteiger partial charge in [0.05, 0.1) is 0 Å². The van der Waals surface area contributed by atoms with Crippen molar-refractivity contribution in [3.05, 3.63) is 11.6 Å². The summed E-state index contributed by atoms with van der Waals surface area (Å²) in [6.07, 6.45) is 6.04. The second-order valence-corrected chi connectivity index (χ2v) is 7.61. The average Bonchev–Trinajstić information content (AvgIpc) is 2.95. The molecule has 20 heavy (non-hydrogen) atoms. The zero-order valence-corrected chi connectivity index (χ0v) is 14.5. The van der Waals surface area contributed by atoms with E-state index in [4.69, 9.17) is 0 Å². The average molecular weight is 279 g/mol. The number of hydrogen-bond donors (Lipinski definition) is 0. The molecular weight excluding hydrogens is 246 g/mol. The first-order valence-corrected chi connectivity index (χ1v) is 8.11. The van der Waals surface area contributed by atoms with Crippen LogP contribution in [0.1, 0.15) is 67.7 Å². The highest BCUT2D eigenvalue weighted by molar-refractivity contribution is 5.78. The molecule has 1 fully saturated rings. The summed E-state index contributed by atoms with van der Waals surface area (Å²) in [5, 5.41) is 0. The fourth-order valence-electron chi connectivity index (χ4n) is 2.91. The van der Waals surface area contributed by atoms with Crippen LogP contribution in [0.25, 0.3) is 0 Å². The lowest BCUT2D eigenvalue weighted by Crippen LogP contribution is -2.41. The number of carbonyl (C=O) groups is 1. The maximum atomic E-state index is 12.3. The third kappa shape index (κ3) is 4.64. The zero-order valence-electron chi connectivity index (χ0n) is 14.5. The Morgan fingerprint density at radius 1 is 1.30 bits per heavy atom. The molecule has 0 N–H and O–H groups in total. The number of amides is 1. The van der Waals surface area contributed by atoms with Crippen molar-refractivity contribution in [3.63, 3.8) is 0 Å². The maximum Gasteiger partial charge on any atom is 0.225 e. The van der Waals surface area contributed by atoms with Crippen LogP contribution >= 0.6 is 0 Å². The van der Waals surface area contributed by atoms with Gasteiger partial charge in [0, 0.05) is 18.5 Å². The summed E-state index contributed by atoms with van der Waals surface area (Å²) in [7, 11) is 0. The first kappa shape index (κ1) is 17.3. The number of allylic oxidation sites excluding steroid dienone is 2. The Kier molecular flexibility index (Phi) is 5.85. The molecule has 0 radical (unpaired) electrons. The Balaban J connectivity index is 2.52. The van der Waals surface area contributed by atoms with E-state index in [2.05, 4.69) is 45.6 Å². The highest BCUT2D eigenvalue weighted by Crippen LogP contribution is 2.56. The van der Waals surface area contributed by atoms with Gasteiger partial charge in [-0.15, -0.1) is 0 Å². The standard InChI is InChI=1S/C18H33NO/c1-13(2)9-8-10-18(7)11-16(18)12-19(15(5)6)17(20)14(3)4/h9,14-16H,8,10-12H2,1-7H3/t16-,18-/m0/s1. The van der Waals surface area contributed by atoms with Crippen molar-refractivity contribution in [2.75, 3.05) is 6.54 Å². The maximum absolute atomic E-state index is 12.3. The predicted molar refractivity (Wildman–Crippen MR) is 86.6 cm³/mol. The predicted octanol–water partition coefficient (Wildman–Crippen LogP) is 4.65. The lowest BCUT2D eigenvalue weighted by atomic mass is 9.98. The largest absolute Gasteiger partial charge is 0.340 e. The van der Waals surface area contributed by atoms with Crippen molar-refractivity contribution in [3.8, 4) is 0 Å². The van der Waals surface area contributed by atoms with E-state index in [0.717, 1.165) is 6.54 Å². The van der Waals surface area contributed by atoms with Crippen LogP contribution in [0, 0.1) is 17.3 Å². The first-order valence-electron chi connectivity index (χ1n) is 8.11. The number of carbonyl (C=O) groups excluding carboxylic acids is 1. The fraction of sp³-hybridized carbons (Fsp3) is 0.833. The third-order valence-corrected chi connectivity index (χ3v) is 4.62. The molecule has 2 atom stereocenters. The SMILES string of the molecule is CC(C)=CCC[C@@]1(C)C[C@H]1CN(C(=O)C(C)C)C(C)C. The van der Waals surface area contributed by atoms with Crippen molar-refractivity contribution in [1.29, 1.82) is 0 Å². The molecule has 2 nitrogen and oxygen atoms in total. The molecule has 2 heteroatoms. The minimum absolute atomic E-state index is 0.105. The summed E-state index contributed by atoms with van der Waals surface area (Å²) in [6.45, 7) is 15.9. The second kappa shape index (κ2) is 6.78. The van der Waals surface area contributed by atoms with Crippen LogP contribution in [0.2, 0.25) is 0 Å². The molecule has 0 aliphatic heterocycles. The van der Waals surface area contributed by atoms with Gasteiger partial charge in [-0.1, -0.05) is 32.4 Å². The van der Waals surface area contributed by atoms with Crippen molar-refractivity contribution >= 4 is 5.91 Å². The van der Waals surface area contributed by atoms with E-state index in [1.807, 2.05) is 13.8 Å². The lowest BCUT2D eigenvalue weighted by molar-refractivity contribution is -0.136. The molecule has 0 aromatic carbocycles. The first-order chi connectivity index (χ1) is 9.17. The summed E-state index contributed by atoms with van der Waals surface area (Å²) >= 11 is 0. The fourth-order valence-corrected chi connectivity index (χ4v) is 2.91. The van der Waals surface area contributed by atoms with Crippen LogP contribution in [0.5, 0.6) is 0 Å². The molecule has 0 aromatic heterocycles. The molecule has 1 amide bonds. The minimum Gasteiger partial charge on any atom is -0.340 e. The number of nitrogens with zero attached hydrogens (tertiary/aromatic N) is 1. The molecule has 1 aliphatic carbocycles. The van der Waals surface area contributed by atoms with Gasteiger partial charge >= 0.3 is 0 Å². The summed E-state index contributed by atoms with van der Waals surface area (Å²) in [5.74, 6) is 1.10. The van der Waals surface area contributed by atoms with Crippen molar-refractivity contribution < 1.29 is 4.79 Å². The Morgan fingerprint density at radius 2 is 1.90 bits per heavy atom. The highest BCUT2D eigenvalue weighted by Gasteiger charge is 2.50. The van der Waals surface area contributed by atoms with Crippen LogP contribution in [-0.4, -0.2) is 23.4 Å². The van der Waals surface area contributed by atoms with E-state index in [9.17, 15) is 4.79 Å². The van der Waals surface area contributed by atoms with E-state index in [0.29, 0.717) is 23.3 Å². The molecule has 1 aliphatic rings. The molecule has 116 valence electrons. The van der Waals surface area contributed by atoms with Crippen LogP contribution in [0.4, 0.5) is 0 Å². The van der Waals surface area contributed by atoms with Crippen molar-refractivity contribution in [2.24, 2.45) is 17.3 Å².